The fraction of sp³-hybridized carbons (Fsp3) is 0.259. The normalized spacial score (nSPS) is 20.9. The number of fused-ring (bicyclic) bond motifs is 2. The average Bonchev–Trinajstić information content (AvgIpc) is 3.21. The number of carbonyl (C=O) groups is 2. The summed E-state index contributed by atoms with van der Waals surface area (Å²) in [5, 5.41) is 3.03. The van der Waals surface area contributed by atoms with Crippen molar-refractivity contribution in [1.82, 2.24) is 4.90 Å². The Kier molecular flexibility index (Phi) is 5.20. The number of benzene rings is 3. The lowest BCUT2D eigenvalue weighted by Crippen LogP contribution is -2.51. The number of rotatable bonds is 3. The van der Waals surface area contributed by atoms with E-state index in [4.69, 9.17) is 0 Å². The summed E-state index contributed by atoms with van der Waals surface area (Å²) < 4.78 is -0.282. The molecule has 6 heteroatoms. The highest BCUT2D eigenvalue weighted by atomic mass is 32.2. The molecular formula is C27H27N3O2S. The third-order valence-electron chi connectivity index (χ3n) is 6.14. The highest BCUT2D eigenvalue weighted by Gasteiger charge is 2.63. The molecule has 0 bridgehead atoms. The van der Waals surface area contributed by atoms with E-state index in [1.54, 1.807) is 16.7 Å². The van der Waals surface area contributed by atoms with Crippen LogP contribution in [0.5, 0.6) is 0 Å². The third-order valence-corrected chi connectivity index (χ3v) is 7.73. The topological polar surface area (TPSA) is 52.7 Å². The van der Waals surface area contributed by atoms with E-state index >= 15 is 0 Å². The summed E-state index contributed by atoms with van der Waals surface area (Å²) in [5.74, 6) is -0.0671. The fourth-order valence-corrected chi connectivity index (χ4v) is 6.52. The van der Waals surface area contributed by atoms with E-state index in [0.717, 1.165) is 28.1 Å². The van der Waals surface area contributed by atoms with E-state index in [1.165, 1.54) is 0 Å². The zero-order valence-electron chi connectivity index (χ0n) is 19.0. The van der Waals surface area contributed by atoms with Gasteiger partial charge in [-0.15, -0.1) is 11.8 Å². The largest absolute Gasteiger partial charge is 0.323 e. The molecule has 0 unspecified atom stereocenters. The number of nitrogens with one attached hydrogen (secondary N) is 1. The molecule has 33 heavy (non-hydrogen) atoms. The van der Waals surface area contributed by atoms with Gasteiger partial charge in [0.2, 0.25) is 0 Å². The second-order valence-electron chi connectivity index (χ2n) is 9.29. The molecule has 1 saturated heterocycles. The first-order valence-corrected chi connectivity index (χ1v) is 11.9. The summed E-state index contributed by atoms with van der Waals surface area (Å²) in [5.41, 5.74) is 4.58. The first-order chi connectivity index (χ1) is 15.8. The summed E-state index contributed by atoms with van der Waals surface area (Å²) in [7, 11) is 0. The molecule has 2 heterocycles. The van der Waals surface area contributed by atoms with E-state index in [2.05, 4.69) is 19.2 Å². The summed E-state index contributed by atoms with van der Waals surface area (Å²) in [6, 6.07) is 25.3. The molecule has 5 rings (SSSR count). The molecule has 5 nitrogen and oxygen atoms in total. The number of carbonyl (C=O) groups excluding carboxylic acids is 2. The Labute approximate surface area is 198 Å². The van der Waals surface area contributed by atoms with Crippen LogP contribution in [0.1, 0.15) is 30.5 Å². The first kappa shape index (κ1) is 21.6. The smallest absolute Gasteiger partial charge is 0.308 e. The summed E-state index contributed by atoms with van der Waals surface area (Å²) in [6.45, 7) is 7.11. The van der Waals surface area contributed by atoms with Gasteiger partial charge in [-0.1, -0.05) is 60.7 Å². The number of para-hydroxylation sites is 1. The van der Waals surface area contributed by atoms with Crippen LogP contribution in [-0.2, 0) is 16.2 Å². The number of aryl methyl sites for hydroxylation is 1. The third kappa shape index (κ3) is 3.68. The first-order valence-electron chi connectivity index (χ1n) is 11.1. The van der Waals surface area contributed by atoms with Crippen LogP contribution in [0.3, 0.4) is 0 Å². The molecule has 2 aliphatic rings. The van der Waals surface area contributed by atoms with Crippen molar-refractivity contribution in [3.63, 3.8) is 0 Å². The molecule has 2 aliphatic heterocycles. The van der Waals surface area contributed by atoms with Crippen LogP contribution in [0.15, 0.2) is 78.9 Å². The van der Waals surface area contributed by atoms with Gasteiger partial charge >= 0.3 is 6.03 Å². The van der Waals surface area contributed by atoms with E-state index in [9.17, 15) is 9.59 Å². The van der Waals surface area contributed by atoms with Crippen LogP contribution in [0.2, 0.25) is 0 Å². The standard InChI is InChI=1S/C27H27N3O2S/c1-19-10-9-13-21(16-19)28-25(32)30-18-26(2,3)33-27(30)22-14-7-8-15-23(22)29(24(27)31)17-20-11-5-4-6-12-20/h4-16H,17-18H2,1-3H3,(H,28,32)/t27-/m1/s1. The SMILES string of the molecule is Cc1cccc(NC(=O)N2CC(C)(C)S[C@]23C(=O)N(Cc2ccccc2)c2ccccc23)c1. The zero-order valence-corrected chi connectivity index (χ0v) is 19.9. The number of amides is 3. The molecule has 3 aromatic carbocycles. The van der Waals surface area contributed by atoms with Crippen LogP contribution < -0.4 is 10.2 Å². The zero-order chi connectivity index (χ0) is 23.2. The van der Waals surface area contributed by atoms with Crippen molar-refractivity contribution in [2.75, 3.05) is 16.8 Å². The number of hydrogen-bond donors (Lipinski definition) is 1. The van der Waals surface area contributed by atoms with E-state index in [0.29, 0.717) is 13.1 Å². The van der Waals surface area contributed by atoms with Crippen LogP contribution in [0, 0.1) is 6.92 Å². The lowest BCUT2D eigenvalue weighted by molar-refractivity contribution is -0.123. The molecule has 0 saturated carbocycles. The number of hydrogen-bond acceptors (Lipinski definition) is 3. The van der Waals surface area contributed by atoms with Gasteiger partial charge in [0.25, 0.3) is 5.91 Å². The maximum absolute atomic E-state index is 14.2. The number of urea groups is 1. The molecule has 1 spiro atoms. The Morgan fingerprint density at radius 2 is 1.73 bits per heavy atom. The van der Waals surface area contributed by atoms with Gasteiger partial charge in [0.05, 0.1) is 12.2 Å². The number of anilines is 2. The molecule has 0 radical (unpaired) electrons. The maximum atomic E-state index is 14.2. The summed E-state index contributed by atoms with van der Waals surface area (Å²) in [6.07, 6.45) is 0. The Hall–Kier alpha value is -3.25. The minimum atomic E-state index is -1.09. The second kappa shape index (κ2) is 7.96. The fourth-order valence-electron chi connectivity index (χ4n) is 4.79. The minimum Gasteiger partial charge on any atom is -0.308 e. The minimum absolute atomic E-state index is 0.0671. The summed E-state index contributed by atoms with van der Waals surface area (Å²) >= 11 is 1.57. The van der Waals surface area contributed by atoms with Gasteiger partial charge in [0.15, 0.2) is 4.87 Å². The monoisotopic (exact) mass is 457 g/mol. The van der Waals surface area contributed by atoms with Crippen LogP contribution >= 0.6 is 11.8 Å². The lowest BCUT2D eigenvalue weighted by atomic mass is 10.0. The Morgan fingerprint density at radius 1 is 1.00 bits per heavy atom. The number of nitrogens with zero attached hydrogens (tertiary/aromatic N) is 2. The molecule has 168 valence electrons. The van der Waals surface area contributed by atoms with Crippen molar-refractivity contribution >= 4 is 35.1 Å². The number of thioether (sulfide) groups is 1. The quantitative estimate of drug-likeness (QED) is 0.545. The molecule has 3 aromatic rings. The van der Waals surface area contributed by atoms with E-state index in [-0.39, 0.29) is 16.7 Å². The predicted molar refractivity (Wildman–Crippen MR) is 134 cm³/mol. The average molecular weight is 458 g/mol. The Bertz CT molecular complexity index is 1230. The molecule has 0 aromatic heterocycles. The van der Waals surface area contributed by atoms with Crippen LogP contribution in [0.25, 0.3) is 0 Å². The summed E-state index contributed by atoms with van der Waals surface area (Å²) in [4.78, 5) is 30.3. The van der Waals surface area contributed by atoms with E-state index < -0.39 is 4.87 Å². The van der Waals surface area contributed by atoms with Gasteiger partial charge in [-0.3, -0.25) is 9.69 Å². The van der Waals surface area contributed by atoms with Crippen molar-refractivity contribution in [2.45, 2.75) is 36.9 Å². The van der Waals surface area contributed by atoms with Crippen molar-refractivity contribution in [2.24, 2.45) is 0 Å². The van der Waals surface area contributed by atoms with Gasteiger partial charge in [-0.2, -0.15) is 0 Å². The van der Waals surface area contributed by atoms with Gasteiger partial charge in [-0.25, -0.2) is 4.79 Å². The highest BCUT2D eigenvalue weighted by Crippen LogP contribution is 2.59. The molecule has 1 N–H and O–H groups in total. The van der Waals surface area contributed by atoms with Crippen LogP contribution in [-0.4, -0.2) is 28.1 Å². The molecule has 1 fully saturated rings. The molecular weight excluding hydrogens is 430 g/mol. The molecule has 1 atom stereocenters. The second-order valence-corrected chi connectivity index (χ2v) is 11.2. The van der Waals surface area contributed by atoms with Gasteiger partial charge in [0, 0.05) is 22.5 Å². The molecule has 0 aliphatic carbocycles. The lowest BCUT2D eigenvalue weighted by Gasteiger charge is -2.33. The maximum Gasteiger partial charge on any atom is 0.323 e. The van der Waals surface area contributed by atoms with E-state index in [1.807, 2.05) is 90.7 Å². The van der Waals surface area contributed by atoms with Gasteiger partial charge < -0.3 is 10.2 Å². The van der Waals surface area contributed by atoms with Gasteiger partial charge in [0.1, 0.15) is 0 Å². The van der Waals surface area contributed by atoms with Gasteiger partial charge in [-0.05, 0) is 50.1 Å². The van der Waals surface area contributed by atoms with Crippen molar-refractivity contribution in [3.8, 4) is 0 Å². The van der Waals surface area contributed by atoms with Crippen LogP contribution in [0.4, 0.5) is 16.2 Å². The van der Waals surface area contributed by atoms with Crippen molar-refractivity contribution in [1.29, 1.82) is 0 Å². The Morgan fingerprint density at radius 3 is 2.48 bits per heavy atom. The van der Waals surface area contributed by atoms with Crippen molar-refractivity contribution < 1.29 is 9.59 Å². The highest BCUT2D eigenvalue weighted by molar-refractivity contribution is 8.02. The predicted octanol–water partition coefficient (Wildman–Crippen LogP) is 5.75. The van der Waals surface area contributed by atoms with Crippen molar-refractivity contribution in [3.05, 3.63) is 95.6 Å². The Balaban J connectivity index is 1.56. The molecule has 3 amide bonds.